The van der Waals surface area contributed by atoms with Crippen LogP contribution in [0.5, 0.6) is 11.5 Å². The van der Waals surface area contributed by atoms with E-state index in [-0.39, 0.29) is 4.83 Å². The predicted molar refractivity (Wildman–Crippen MR) is 86.5 cm³/mol. The van der Waals surface area contributed by atoms with Gasteiger partial charge >= 0.3 is 0 Å². The van der Waals surface area contributed by atoms with E-state index in [0.29, 0.717) is 0 Å². The molecule has 106 valence electrons. The number of rotatable bonds is 4. The Bertz CT molecular complexity index is 593. The topological polar surface area (TPSA) is 18.5 Å². The van der Waals surface area contributed by atoms with Gasteiger partial charge in [0.15, 0.2) is 0 Å². The number of methoxy groups -OCH3 is 2. The molecule has 0 bridgehead atoms. The highest BCUT2D eigenvalue weighted by Crippen LogP contribution is 2.39. The maximum Gasteiger partial charge on any atom is 0.123 e. The third kappa shape index (κ3) is 3.28. The zero-order valence-electron chi connectivity index (χ0n) is 11.6. The van der Waals surface area contributed by atoms with E-state index in [1.54, 1.807) is 14.2 Å². The Labute approximate surface area is 132 Å². The quantitative estimate of drug-likeness (QED) is 0.706. The number of aryl methyl sites for hydroxylation is 1. The fourth-order valence-corrected chi connectivity index (χ4v) is 3.05. The molecule has 0 heterocycles. The van der Waals surface area contributed by atoms with Crippen molar-refractivity contribution in [3.63, 3.8) is 0 Å². The fourth-order valence-electron chi connectivity index (χ4n) is 2.13. The van der Waals surface area contributed by atoms with Crippen molar-refractivity contribution in [3.05, 3.63) is 58.1 Å². The molecule has 2 aromatic carbocycles. The summed E-state index contributed by atoms with van der Waals surface area (Å²) < 4.78 is 10.7. The smallest absolute Gasteiger partial charge is 0.123 e. The summed E-state index contributed by atoms with van der Waals surface area (Å²) in [6.07, 6.45) is 0. The highest BCUT2D eigenvalue weighted by atomic mass is 79.9. The summed E-state index contributed by atoms with van der Waals surface area (Å²) in [5.41, 5.74) is 3.22. The Morgan fingerprint density at radius 2 is 1.80 bits per heavy atom. The van der Waals surface area contributed by atoms with Gasteiger partial charge in [-0.2, -0.15) is 0 Å². The van der Waals surface area contributed by atoms with Gasteiger partial charge in [0.1, 0.15) is 11.5 Å². The second kappa shape index (κ2) is 6.51. The maximum atomic E-state index is 6.14. The van der Waals surface area contributed by atoms with Crippen molar-refractivity contribution >= 4 is 27.5 Å². The molecule has 0 aliphatic carbocycles. The molecule has 0 aromatic heterocycles. The normalized spacial score (nSPS) is 12.1. The molecule has 2 nitrogen and oxygen atoms in total. The molecule has 1 unspecified atom stereocenters. The molecule has 2 aromatic rings. The SMILES string of the molecule is COc1ccc(OC)c(C(Br)c2cc(C)cc(Cl)c2)c1. The molecular weight excluding hydrogens is 340 g/mol. The van der Waals surface area contributed by atoms with Gasteiger partial charge in [-0.3, -0.25) is 0 Å². The molecule has 0 saturated carbocycles. The highest BCUT2D eigenvalue weighted by molar-refractivity contribution is 9.09. The molecule has 1 atom stereocenters. The minimum atomic E-state index is -0.00931. The van der Waals surface area contributed by atoms with Gasteiger partial charge in [-0.1, -0.05) is 33.6 Å². The summed E-state index contributed by atoms with van der Waals surface area (Å²) in [6.45, 7) is 2.03. The van der Waals surface area contributed by atoms with Crippen LogP contribution >= 0.6 is 27.5 Å². The number of benzene rings is 2. The average Bonchev–Trinajstić information content (AvgIpc) is 2.44. The third-order valence-electron chi connectivity index (χ3n) is 3.07. The molecular formula is C16H16BrClO2. The first kappa shape index (κ1) is 15.2. The number of hydrogen-bond acceptors (Lipinski definition) is 2. The zero-order valence-corrected chi connectivity index (χ0v) is 14.0. The molecule has 0 aliphatic rings. The van der Waals surface area contributed by atoms with Crippen LogP contribution in [0.15, 0.2) is 36.4 Å². The lowest BCUT2D eigenvalue weighted by molar-refractivity contribution is 0.399. The fraction of sp³-hybridized carbons (Fsp3) is 0.250. The molecule has 0 aliphatic heterocycles. The van der Waals surface area contributed by atoms with E-state index in [1.165, 1.54) is 0 Å². The summed E-state index contributed by atoms with van der Waals surface area (Å²) in [7, 11) is 3.31. The van der Waals surface area contributed by atoms with Gasteiger partial charge in [-0.05, 0) is 48.4 Å². The van der Waals surface area contributed by atoms with Crippen molar-refractivity contribution in [2.75, 3.05) is 14.2 Å². The van der Waals surface area contributed by atoms with Crippen LogP contribution in [0.2, 0.25) is 5.02 Å². The molecule has 0 fully saturated rings. The highest BCUT2D eigenvalue weighted by Gasteiger charge is 2.17. The first-order chi connectivity index (χ1) is 9.55. The molecule has 4 heteroatoms. The summed E-state index contributed by atoms with van der Waals surface area (Å²) in [5, 5.41) is 0.728. The molecule has 0 saturated heterocycles. The van der Waals surface area contributed by atoms with Gasteiger partial charge in [-0.25, -0.2) is 0 Å². The van der Waals surface area contributed by atoms with Gasteiger partial charge in [-0.15, -0.1) is 0 Å². The molecule has 20 heavy (non-hydrogen) atoms. The van der Waals surface area contributed by atoms with Crippen LogP contribution in [0.1, 0.15) is 21.5 Å². The largest absolute Gasteiger partial charge is 0.497 e. The van der Waals surface area contributed by atoms with E-state index in [1.807, 2.05) is 37.3 Å². The van der Waals surface area contributed by atoms with Crippen LogP contribution in [0.3, 0.4) is 0 Å². The van der Waals surface area contributed by atoms with E-state index in [4.69, 9.17) is 21.1 Å². The van der Waals surface area contributed by atoms with Crippen LogP contribution in [0.25, 0.3) is 0 Å². The van der Waals surface area contributed by atoms with E-state index in [9.17, 15) is 0 Å². The number of alkyl halides is 1. The third-order valence-corrected chi connectivity index (χ3v) is 4.31. The number of hydrogen-bond donors (Lipinski definition) is 0. The Hall–Kier alpha value is -1.19. The zero-order chi connectivity index (χ0) is 14.7. The van der Waals surface area contributed by atoms with Crippen molar-refractivity contribution in [1.29, 1.82) is 0 Å². The molecule has 0 spiro atoms. The molecule has 0 radical (unpaired) electrons. The average molecular weight is 356 g/mol. The number of ether oxygens (including phenoxy) is 2. The lowest BCUT2D eigenvalue weighted by Crippen LogP contribution is -1.98. The summed E-state index contributed by atoms with van der Waals surface area (Å²) >= 11 is 9.86. The van der Waals surface area contributed by atoms with Gasteiger partial charge in [0.25, 0.3) is 0 Å². The molecule has 0 amide bonds. The van der Waals surface area contributed by atoms with Gasteiger partial charge in [0.2, 0.25) is 0 Å². The van der Waals surface area contributed by atoms with Crippen molar-refractivity contribution < 1.29 is 9.47 Å². The second-order valence-electron chi connectivity index (χ2n) is 4.53. The molecule has 2 rings (SSSR count). The Kier molecular flexibility index (Phi) is 4.95. The second-order valence-corrected chi connectivity index (χ2v) is 5.88. The van der Waals surface area contributed by atoms with Crippen LogP contribution in [0.4, 0.5) is 0 Å². The van der Waals surface area contributed by atoms with Crippen molar-refractivity contribution in [2.45, 2.75) is 11.8 Å². The lowest BCUT2D eigenvalue weighted by atomic mass is 10.0. The van der Waals surface area contributed by atoms with Crippen molar-refractivity contribution in [1.82, 2.24) is 0 Å². The lowest BCUT2D eigenvalue weighted by Gasteiger charge is -2.16. The van der Waals surface area contributed by atoms with Crippen LogP contribution in [0, 0.1) is 6.92 Å². The Morgan fingerprint density at radius 3 is 2.40 bits per heavy atom. The van der Waals surface area contributed by atoms with Crippen molar-refractivity contribution in [3.8, 4) is 11.5 Å². The summed E-state index contributed by atoms with van der Waals surface area (Å²) in [4.78, 5) is -0.00931. The minimum Gasteiger partial charge on any atom is -0.497 e. The van der Waals surface area contributed by atoms with Crippen LogP contribution < -0.4 is 9.47 Å². The summed E-state index contributed by atoms with van der Waals surface area (Å²) in [5.74, 6) is 1.61. The van der Waals surface area contributed by atoms with E-state index >= 15 is 0 Å². The van der Waals surface area contributed by atoms with E-state index in [2.05, 4.69) is 22.0 Å². The maximum absolute atomic E-state index is 6.14. The van der Waals surface area contributed by atoms with Gasteiger partial charge < -0.3 is 9.47 Å². The first-order valence-electron chi connectivity index (χ1n) is 6.18. The Morgan fingerprint density at radius 1 is 1.05 bits per heavy atom. The van der Waals surface area contributed by atoms with Gasteiger partial charge in [0.05, 0.1) is 19.0 Å². The van der Waals surface area contributed by atoms with Crippen molar-refractivity contribution in [2.24, 2.45) is 0 Å². The van der Waals surface area contributed by atoms with Gasteiger partial charge in [0, 0.05) is 10.6 Å². The Balaban J connectivity index is 2.48. The standard InChI is InChI=1S/C16H16BrClO2/c1-10-6-11(8-12(18)7-10)16(17)14-9-13(19-2)4-5-15(14)20-3/h4-9,16H,1-3H3. The molecule has 0 N–H and O–H groups in total. The van der Waals surface area contributed by atoms with Crippen LogP contribution in [-0.4, -0.2) is 14.2 Å². The minimum absolute atomic E-state index is 0.00931. The number of halogens is 2. The summed E-state index contributed by atoms with van der Waals surface area (Å²) in [6, 6.07) is 11.7. The predicted octanol–water partition coefficient (Wildman–Crippen LogP) is 5.15. The van der Waals surface area contributed by atoms with Crippen LogP contribution in [-0.2, 0) is 0 Å². The van der Waals surface area contributed by atoms with E-state index in [0.717, 1.165) is 33.2 Å². The monoisotopic (exact) mass is 354 g/mol. The first-order valence-corrected chi connectivity index (χ1v) is 7.47. The van der Waals surface area contributed by atoms with E-state index < -0.39 is 0 Å².